The van der Waals surface area contributed by atoms with Gasteiger partial charge >= 0.3 is 0 Å². The lowest BCUT2D eigenvalue weighted by Crippen LogP contribution is -2.15. The highest BCUT2D eigenvalue weighted by Gasteiger charge is 2.09. The Kier molecular flexibility index (Phi) is 4.48. The SMILES string of the molecule is OCC(O)CSc1nc(Cl)nc(-n2ccnc2)n1. The molecular weight excluding hydrogens is 278 g/mol. The summed E-state index contributed by atoms with van der Waals surface area (Å²) >= 11 is 6.98. The molecule has 0 aromatic carbocycles. The second-order valence-electron chi connectivity index (χ2n) is 3.30. The summed E-state index contributed by atoms with van der Waals surface area (Å²) in [5.41, 5.74) is 0. The van der Waals surface area contributed by atoms with Gasteiger partial charge in [0.2, 0.25) is 11.2 Å². The van der Waals surface area contributed by atoms with Crippen molar-refractivity contribution in [1.29, 1.82) is 0 Å². The highest BCUT2D eigenvalue weighted by Crippen LogP contribution is 2.17. The summed E-state index contributed by atoms with van der Waals surface area (Å²) < 4.78 is 1.60. The Morgan fingerprint density at radius 2 is 2.22 bits per heavy atom. The first-order valence-corrected chi connectivity index (χ1v) is 6.37. The lowest BCUT2D eigenvalue weighted by molar-refractivity contribution is 0.113. The Labute approximate surface area is 112 Å². The summed E-state index contributed by atoms with van der Waals surface area (Å²) in [7, 11) is 0. The molecule has 9 heteroatoms. The third-order valence-electron chi connectivity index (χ3n) is 1.93. The topological polar surface area (TPSA) is 97.0 Å². The van der Waals surface area contributed by atoms with Gasteiger partial charge in [-0.05, 0) is 11.6 Å². The molecule has 0 saturated heterocycles. The van der Waals surface area contributed by atoms with Crippen LogP contribution in [0.3, 0.4) is 0 Å². The number of rotatable bonds is 5. The number of hydrogen-bond donors (Lipinski definition) is 2. The van der Waals surface area contributed by atoms with Gasteiger partial charge in [-0.15, -0.1) is 0 Å². The lowest BCUT2D eigenvalue weighted by Gasteiger charge is -2.06. The number of aromatic nitrogens is 5. The van der Waals surface area contributed by atoms with Gasteiger partial charge in [0.25, 0.3) is 0 Å². The maximum Gasteiger partial charge on any atom is 0.240 e. The van der Waals surface area contributed by atoms with E-state index in [2.05, 4.69) is 19.9 Å². The minimum absolute atomic E-state index is 0.0645. The summed E-state index contributed by atoms with van der Waals surface area (Å²) in [6.45, 7) is -0.305. The molecule has 2 aromatic rings. The van der Waals surface area contributed by atoms with Gasteiger partial charge in [-0.25, -0.2) is 4.98 Å². The normalized spacial score (nSPS) is 12.6. The molecule has 0 bridgehead atoms. The summed E-state index contributed by atoms with van der Waals surface area (Å²) in [6.07, 6.45) is 4.01. The molecule has 1 atom stereocenters. The first-order chi connectivity index (χ1) is 8.69. The molecular formula is C9H10ClN5O2S. The summed E-state index contributed by atoms with van der Waals surface area (Å²) in [6, 6.07) is 0. The van der Waals surface area contributed by atoms with Crippen molar-refractivity contribution in [2.45, 2.75) is 11.3 Å². The first-order valence-electron chi connectivity index (χ1n) is 5.00. The molecule has 7 nitrogen and oxygen atoms in total. The summed E-state index contributed by atoms with van der Waals surface area (Å²) in [4.78, 5) is 15.9. The molecule has 18 heavy (non-hydrogen) atoms. The van der Waals surface area contributed by atoms with Crippen LogP contribution < -0.4 is 0 Å². The van der Waals surface area contributed by atoms with Crippen molar-refractivity contribution in [3.63, 3.8) is 0 Å². The monoisotopic (exact) mass is 287 g/mol. The number of aliphatic hydroxyl groups is 2. The Morgan fingerprint density at radius 3 is 2.89 bits per heavy atom. The Bertz CT molecular complexity index is 510. The molecule has 0 amide bonds. The van der Waals surface area contributed by atoms with Gasteiger partial charge in [0, 0.05) is 18.1 Å². The maximum absolute atomic E-state index is 9.25. The molecule has 2 rings (SSSR count). The van der Waals surface area contributed by atoms with Gasteiger partial charge in [-0.1, -0.05) is 11.8 Å². The van der Waals surface area contributed by atoms with Crippen molar-refractivity contribution in [2.75, 3.05) is 12.4 Å². The fourth-order valence-electron chi connectivity index (χ4n) is 1.10. The van der Waals surface area contributed by atoms with E-state index in [9.17, 15) is 5.11 Å². The van der Waals surface area contributed by atoms with Crippen LogP contribution in [0.4, 0.5) is 0 Å². The molecule has 0 aliphatic heterocycles. The van der Waals surface area contributed by atoms with Crippen molar-refractivity contribution in [1.82, 2.24) is 24.5 Å². The van der Waals surface area contributed by atoms with Crippen LogP contribution in [0.2, 0.25) is 5.28 Å². The molecule has 1 unspecified atom stereocenters. The van der Waals surface area contributed by atoms with E-state index in [-0.39, 0.29) is 17.6 Å². The van der Waals surface area contributed by atoms with E-state index < -0.39 is 6.10 Å². The molecule has 0 saturated carbocycles. The van der Waals surface area contributed by atoms with Gasteiger partial charge in [0.1, 0.15) is 6.33 Å². The van der Waals surface area contributed by atoms with E-state index in [1.54, 1.807) is 23.3 Å². The van der Waals surface area contributed by atoms with Crippen molar-refractivity contribution >= 4 is 23.4 Å². The Hall–Kier alpha value is -1.22. The zero-order valence-electron chi connectivity index (χ0n) is 9.14. The van der Waals surface area contributed by atoms with Gasteiger partial charge in [-0.2, -0.15) is 15.0 Å². The van der Waals surface area contributed by atoms with Crippen LogP contribution in [0.5, 0.6) is 0 Å². The zero-order valence-corrected chi connectivity index (χ0v) is 10.7. The van der Waals surface area contributed by atoms with Crippen molar-refractivity contribution in [3.8, 4) is 5.95 Å². The molecule has 0 fully saturated rings. The van der Waals surface area contributed by atoms with Crippen LogP contribution >= 0.6 is 23.4 Å². The lowest BCUT2D eigenvalue weighted by atomic mass is 10.4. The largest absolute Gasteiger partial charge is 0.394 e. The van der Waals surface area contributed by atoms with E-state index in [0.29, 0.717) is 11.1 Å². The molecule has 2 N–H and O–H groups in total. The van der Waals surface area contributed by atoms with Gasteiger partial charge in [0.15, 0.2) is 5.16 Å². The van der Waals surface area contributed by atoms with E-state index in [1.165, 1.54) is 11.8 Å². The fraction of sp³-hybridized carbons (Fsp3) is 0.333. The molecule has 96 valence electrons. The van der Waals surface area contributed by atoms with Crippen LogP contribution in [0.1, 0.15) is 0 Å². The average Bonchev–Trinajstić information content (AvgIpc) is 2.89. The van der Waals surface area contributed by atoms with Crippen LogP contribution in [-0.2, 0) is 0 Å². The molecule has 2 heterocycles. The van der Waals surface area contributed by atoms with Crippen LogP contribution in [-0.4, -0.2) is 53.2 Å². The van der Waals surface area contributed by atoms with E-state index in [1.807, 2.05) is 0 Å². The average molecular weight is 288 g/mol. The number of aliphatic hydroxyl groups excluding tert-OH is 2. The smallest absolute Gasteiger partial charge is 0.240 e. The molecule has 0 aliphatic carbocycles. The van der Waals surface area contributed by atoms with Gasteiger partial charge in [0.05, 0.1) is 12.7 Å². The molecule has 0 radical (unpaired) electrons. The third kappa shape index (κ3) is 3.39. The van der Waals surface area contributed by atoms with Crippen LogP contribution in [0, 0.1) is 0 Å². The second kappa shape index (κ2) is 6.10. The first kappa shape index (κ1) is 13.2. The standard InChI is InChI=1S/C9H10ClN5O2S/c10-7-12-8(15-2-1-11-5-15)14-9(13-7)18-4-6(17)3-16/h1-2,5-6,16-17H,3-4H2. The second-order valence-corrected chi connectivity index (χ2v) is 4.63. The number of hydrogen-bond acceptors (Lipinski definition) is 7. The summed E-state index contributed by atoms with van der Waals surface area (Å²) in [5, 5.41) is 18.4. The minimum Gasteiger partial charge on any atom is -0.394 e. The molecule has 0 spiro atoms. The number of halogens is 1. The number of imidazole rings is 1. The van der Waals surface area contributed by atoms with E-state index in [4.69, 9.17) is 16.7 Å². The minimum atomic E-state index is -0.817. The van der Waals surface area contributed by atoms with Crippen molar-refractivity contribution < 1.29 is 10.2 Å². The van der Waals surface area contributed by atoms with Crippen LogP contribution in [0.25, 0.3) is 5.95 Å². The van der Waals surface area contributed by atoms with Crippen LogP contribution in [0.15, 0.2) is 23.9 Å². The fourth-order valence-corrected chi connectivity index (χ4v) is 2.05. The molecule has 2 aromatic heterocycles. The number of thioether (sulfide) groups is 1. The maximum atomic E-state index is 9.25. The predicted molar refractivity (Wildman–Crippen MR) is 65.8 cm³/mol. The van der Waals surface area contributed by atoms with Crippen molar-refractivity contribution in [2.24, 2.45) is 0 Å². The predicted octanol–water partition coefficient (Wildman–Crippen LogP) is 0.156. The highest BCUT2D eigenvalue weighted by molar-refractivity contribution is 7.99. The molecule has 0 aliphatic rings. The highest BCUT2D eigenvalue weighted by atomic mass is 35.5. The quantitative estimate of drug-likeness (QED) is 0.756. The Morgan fingerprint density at radius 1 is 1.39 bits per heavy atom. The third-order valence-corrected chi connectivity index (χ3v) is 3.09. The zero-order chi connectivity index (χ0) is 13.0. The van der Waals surface area contributed by atoms with E-state index in [0.717, 1.165) is 0 Å². The summed E-state index contributed by atoms with van der Waals surface area (Å²) in [5.74, 6) is 0.633. The van der Waals surface area contributed by atoms with Gasteiger partial charge < -0.3 is 10.2 Å². The van der Waals surface area contributed by atoms with Crippen molar-refractivity contribution in [3.05, 3.63) is 24.0 Å². The number of nitrogens with zero attached hydrogens (tertiary/aromatic N) is 5. The van der Waals surface area contributed by atoms with E-state index >= 15 is 0 Å². The van der Waals surface area contributed by atoms with Gasteiger partial charge in [-0.3, -0.25) is 4.57 Å². The Balaban J connectivity index is 2.17.